The lowest BCUT2D eigenvalue weighted by atomic mass is 9.62. The molecule has 1 fully saturated rings. The molecule has 0 aromatic heterocycles. The van der Waals surface area contributed by atoms with Crippen molar-refractivity contribution in [3.05, 3.63) is 70.3 Å². The number of fused-ring (bicyclic) bond motifs is 2. The van der Waals surface area contributed by atoms with Crippen LogP contribution >= 0.6 is 0 Å². The predicted molar refractivity (Wildman–Crippen MR) is 107 cm³/mol. The van der Waals surface area contributed by atoms with Crippen LogP contribution in [-0.2, 0) is 21.7 Å². The van der Waals surface area contributed by atoms with Gasteiger partial charge in [-0.15, -0.1) is 0 Å². The molecule has 0 atom stereocenters. The molecule has 140 valence electrons. The highest BCUT2D eigenvalue weighted by molar-refractivity contribution is 6.06. The molecule has 2 heteroatoms. The molecular formula is C25H28O2. The molecule has 0 amide bonds. The lowest BCUT2D eigenvalue weighted by Gasteiger charge is -2.45. The molecule has 3 aliphatic carbocycles. The Bertz CT molecular complexity index is 875. The number of carbonyl (C=O) groups is 1. The summed E-state index contributed by atoms with van der Waals surface area (Å²) in [6.45, 7) is 3.12. The molecule has 5 rings (SSSR count). The third-order valence-corrected chi connectivity index (χ3v) is 7.48. The Kier molecular flexibility index (Phi) is 4.01. The van der Waals surface area contributed by atoms with Crippen molar-refractivity contribution in [2.24, 2.45) is 5.41 Å². The van der Waals surface area contributed by atoms with Crippen LogP contribution in [0.15, 0.2) is 59.2 Å². The van der Waals surface area contributed by atoms with E-state index in [9.17, 15) is 4.79 Å². The maximum atomic E-state index is 12.8. The Morgan fingerprint density at radius 2 is 1.81 bits per heavy atom. The average Bonchev–Trinajstić information content (AvgIpc) is 3.34. The molecule has 1 aromatic carbocycles. The molecule has 0 N–H and O–H groups in total. The quantitative estimate of drug-likeness (QED) is 0.580. The van der Waals surface area contributed by atoms with Crippen LogP contribution < -0.4 is 0 Å². The fraction of sp³-hybridized carbons (Fsp3) is 0.480. The van der Waals surface area contributed by atoms with Crippen LogP contribution in [0.5, 0.6) is 0 Å². The van der Waals surface area contributed by atoms with Gasteiger partial charge in [0.1, 0.15) is 0 Å². The van der Waals surface area contributed by atoms with Gasteiger partial charge in [-0.2, -0.15) is 0 Å². The second-order valence-electron chi connectivity index (χ2n) is 8.98. The highest BCUT2D eigenvalue weighted by atomic mass is 16.5. The van der Waals surface area contributed by atoms with E-state index in [1.807, 2.05) is 6.08 Å². The number of carbonyl (C=O) groups excluding carboxylic acids is 1. The van der Waals surface area contributed by atoms with Crippen molar-refractivity contribution in [2.45, 2.75) is 70.5 Å². The van der Waals surface area contributed by atoms with Gasteiger partial charge in [-0.3, -0.25) is 4.79 Å². The minimum Gasteiger partial charge on any atom is -0.366 e. The molecule has 1 heterocycles. The summed E-state index contributed by atoms with van der Waals surface area (Å²) in [6, 6.07) is 8.70. The first-order valence-corrected chi connectivity index (χ1v) is 10.5. The highest BCUT2D eigenvalue weighted by Crippen LogP contribution is 2.55. The van der Waals surface area contributed by atoms with Gasteiger partial charge in [0.05, 0.1) is 12.2 Å². The van der Waals surface area contributed by atoms with Gasteiger partial charge in [0.15, 0.2) is 5.78 Å². The van der Waals surface area contributed by atoms with Crippen molar-refractivity contribution < 1.29 is 9.53 Å². The van der Waals surface area contributed by atoms with E-state index >= 15 is 0 Å². The van der Waals surface area contributed by atoms with Crippen LogP contribution in [0.2, 0.25) is 0 Å². The van der Waals surface area contributed by atoms with Gasteiger partial charge in [0.25, 0.3) is 0 Å². The Labute approximate surface area is 162 Å². The first-order chi connectivity index (χ1) is 13.1. The van der Waals surface area contributed by atoms with E-state index < -0.39 is 0 Å². The molecule has 0 unspecified atom stereocenters. The van der Waals surface area contributed by atoms with Crippen molar-refractivity contribution in [1.82, 2.24) is 0 Å². The smallest absolute Gasteiger partial charge is 0.182 e. The van der Waals surface area contributed by atoms with Crippen LogP contribution in [-0.4, -0.2) is 5.78 Å². The molecule has 2 nitrogen and oxygen atoms in total. The number of ketones is 1. The lowest BCUT2D eigenvalue weighted by molar-refractivity contribution is -0.112. The molecule has 0 radical (unpaired) electrons. The van der Waals surface area contributed by atoms with E-state index in [4.69, 9.17) is 4.74 Å². The van der Waals surface area contributed by atoms with Gasteiger partial charge in [0.2, 0.25) is 0 Å². The van der Waals surface area contributed by atoms with Gasteiger partial charge in [-0.25, -0.2) is 0 Å². The highest BCUT2D eigenvalue weighted by Gasteiger charge is 2.47. The standard InChI is InChI=1S/C25H28O2/c1-24(20-10-11-21(23(26)16-20)18-6-2-3-7-18)12-14-25(15-13-24)22-9-5-4-8-19(22)17-27-25/h2,4-6,8-9,16H,3,7,10-15,17H2,1H3/b21-18-. The summed E-state index contributed by atoms with van der Waals surface area (Å²) in [5, 5.41) is 0. The molecular weight excluding hydrogens is 332 g/mol. The van der Waals surface area contributed by atoms with Crippen LogP contribution in [0.25, 0.3) is 0 Å². The zero-order valence-electron chi connectivity index (χ0n) is 16.2. The summed E-state index contributed by atoms with van der Waals surface area (Å²) in [5.74, 6) is 0.266. The van der Waals surface area contributed by atoms with Gasteiger partial charge in [0, 0.05) is 5.57 Å². The number of ether oxygens (including phenoxy) is 1. The lowest BCUT2D eigenvalue weighted by Crippen LogP contribution is -2.37. The van der Waals surface area contributed by atoms with E-state index in [2.05, 4.69) is 43.3 Å². The topological polar surface area (TPSA) is 26.3 Å². The molecule has 4 aliphatic rings. The maximum absolute atomic E-state index is 12.8. The van der Waals surface area contributed by atoms with Crippen LogP contribution in [0.4, 0.5) is 0 Å². The molecule has 0 saturated heterocycles. The Morgan fingerprint density at radius 1 is 1.00 bits per heavy atom. The van der Waals surface area contributed by atoms with E-state index in [0.29, 0.717) is 0 Å². The number of benzene rings is 1. The van der Waals surface area contributed by atoms with Crippen molar-refractivity contribution in [2.75, 3.05) is 0 Å². The summed E-state index contributed by atoms with van der Waals surface area (Å²) in [5.41, 5.74) is 6.53. The average molecular weight is 360 g/mol. The second kappa shape index (κ2) is 6.31. The van der Waals surface area contributed by atoms with E-state index in [1.54, 1.807) is 0 Å². The predicted octanol–water partition coefficient (Wildman–Crippen LogP) is 5.93. The third kappa shape index (κ3) is 2.77. The van der Waals surface area contributed by atoms with Crippen molar-refractivity contribution >= 4 is 5.78 Å². The number of hydrogen-bond donors (Lipinski definition) is 0. The van der Waals surface area contributed by atoms with E-state index in [0.717, 1.165) is 63.5 Å². The fourth-order valence-corrected chi connectivity index (χ4v) is 5.62. The normalized spacial score (nSPS) is 35.6. The van der Waals surface area contributed by atoms with Gasteiger partial charge in [-0.05, 0) is 79.6 Å². The molecule has 1 aromatic rings. The zero-order valence-corrected chi connectivity index (χ0v) is 16.2. The summed E-state index contributed by atoms with van der Waals surface area (Å²) >= 11 is 0. The summed E-state index contributed by atoms with van der Waals surface area (Å²) in [7, 11) is 0. The Morgan fingerprint density at radius 3 is 2.56 bits per heavy atom. The van der Waals surface area contributed by atoms with Crippen LogP contribution in [0.3, 0.4) is 0 Å². The number of hydrogen-bond acceptors (Lipinski definition) is 2. The number of rotatable bonds is 1. The summed E-state index contributed by atoms with van der Waals surface area (Å²) in [4.78, 5) is 12.8. The minimum absolute atomic E-state index is 0.0862. The minimum atomic E-state index is -0.0862. The van der Waals surface area contributed by atoms with Gasteiger partial charge in [-0.1, -0.05) is 48.9 Å². The van der Waals surface area contributed by atoms with Gasteiger partial charge < -0.3 is 4.74 Å². The van der Waals surface area contributed by atoms with E-state index in [1.165, 1.54) is 22.3 Å². The maximum Gasteiger partial charge on any atom is 0.182 e. The van der Waals surface area contributed by atoms with Crippen LogP contribution in [0.1, 0.15) is 69.4 Å². The largest absolute Gasteiger partial charge is 0.366 e. The Balaban J connectivity index is 1.36. The van der Waals surface area contributed by atoms with Crippen molar-refractivity contribution in [3.63, 3.8) is 0 Å². The Hall–Kier alpha value is -1.93. The van der Waals surface area contributed by atoms with Crippen LogP contribution in [0, 0.1) is 5.41 Å². The van der Waals surface area contributed by atoms with Crippen molar-refractivity contribution in [3.8, 4) is 0 Å². The fourth-order valence-electron chi connectivity index (χ4n) is 5.62. The first kappa shape index (κ1) is 17.2. The van der Waals surface area contributed by atoms with Gasteiger partial charge >= 0.3 is 0 Å². The zero-order chi connectivity index (χ0) is 18.5. The molecule has 27 heavy (non-hydrogen) atoms. The monoisotopic (exact) mass is 360 g/mol. The second-order valence-corrected chi connectivity index (χ2v) is 8.98. The molecule has 1 spiro atoms. The van der Waals surface area contributed by atoms with E-state index in [-0.39, 0.29) is 16.8 Å². The SMILES string of the molecule is CC1(C2=CC(=O)/C(=C3/C=CCC3)CC2)CCC2(CC1)OCc1ccccc12. The molecule has 1 aliphatic heterocycles. The summed E-state index contributed by atoms with van der Waals surface area (Å²) in [6.07, 6.45) is 14.8. The first-order valence-electron chi connectivity index (χ1n) is 10.5. The molecule has 0 bridgehead atoms. The summed E-state index contributed by atoms with van der Waals surface area (Å²) < 4.78 is 6.34. The number of allylic oxidation sites excluding steroid dienone is 6. The van der Waals surface area contributed by atoms with Crippen molar-refractivity contribution in [1.29, 1.82) is 0 Å². The third-order valence-electron chi connectivity index (χ3n) is 7.48. The molecule has 1 saturated carbocycles.